The standard InChI is InChI=1S/C13H20N2O3S/c1-10-3-4-12(18-2)13(7-10)19(16,17)15-9-11-5-6-14-8-11/h3-4,7,11,14-15H,5-6,8-9H2,1-2H3. The predicted molar refractivity (Wildman–Crippen MR) is 73.9 cm³/mol. The lowest BCUT2D eigenvalue weighted by Gasteiger charge is -2.13. The molecule has 1 heterocycles. The highest BCUT2D eigenvalue weighted by atomic mass is 32.2. The third kappa shape index (κ3) is 3.46. The molecule has 1 aliphatic heterocycles. The lowest BCUT2D eigenvalue weighted by Crippen LogP contribution is -2.30. The van der Waals surface area contributed by atoms with Gasteiger partial charge in [-0.3, -0.25) is 0 Å². The minimum Gasteiger partial charge on any atom is -0.495 e. The Labute approximate surface area is 114 Å². The number of ether oxygens (including phenoxy) is 1. The van der Waals surface area contributed by atoms with E-state index in [9.17, 15) is 8.42 Å². The van der Waals surface area contributed by atoms with E-state index >= 15 is 0 Å². The third-order valence-corrected chi connectivity index (χ3v) is 4.78. The summed E-state index contributed by atoms with van der Waals surface area (Å²) in [5.74, 6) is 0.744. The summed E-state index contributed by atoms with van der Waals surface area (Å²) in [6, 6.07) is 5.15. The van der Waals surface area contributed by atoms with E-state index in [1.807, 2.05) is 13.0 Å². The van der Waals surface area contributed by atoms with Gasteiger partial charge in [0.15, 0.2) is 0 Å². The number of hydrogen-bond donors (Lipinski definition) is 2. The zero-order valence-electron chi connectivity index (χ0n) is 11.3. The van der Waals surface area contributed by atoms with Gasteiger partial charge in [0.25, 0.3) is 0 Å². The van der Waals surface area contributed by atoms with E-state index in [2.05, 4.69) is 10.0 Å². The molecule has 106 valence electrons. The summed E-state index contributed by atoms with van der Waals surface area (Å²) in [5.41, 5.74) is 0.892. The van der Waals surface area contributed by atoms with Crippen LogP contribution in [-0.4, -0.2) is 35.2 Å². The molecule has 0 spiro atoms. The van der Waals surface area contributed by atoms with E-state index < -0.39 is 10.0 Å². The molecule has 0 bridgehead atoms. The van der Waals surface area contributed by atoms with Crippen molar-refractivity contribution in [1.82, 2.24) is 10.0 Å². The van der Waals surface area contributed by atoms with Crippen LogP contribution in [0, 0.1) is 12.8 Å². The van der Waals surface area contributed by atoms with Crippen molar-refractivity contribution in [3.63, 3.8) is 0 Å². The van der Waals surface area contributed by atoms with Gasteiger partial charge in [-0.25, -0.2) is 13.1 Å². The number of nitrogens with one attached hydrogen (secondary N) is 2. The van der Waals surface area contributed by atoms with Gasteiger partial charge in [0.1, 0.15) is 10.6 Å². The van der Waals surface area contributed by atoms with E-state index in [1.165, 1.54) is 7.11 Å². The maximum Gasteiger partial charge on any atom is 0.244 e. The van der Waals surface area contributed by atoms with E-state index in [0.717, 1.165) is 25.1 Å². The van der Waals surface area contributed by atoms with Crippen molar-refractivity contribution in [3.05, 3.63) is 23.8 Å². The Morgan fingerprint density at radius 2 is 2.26 bits per heavy atom. The van der Waals surface area contributed by atoms with Gasteiger partial charge in [-0.1, -0.05) is 6.07 Å². The van der Waals surface area contributed by atoms with Gasteiger partial charge in [-0.2, -0.15) is 0 Å². The van der Waals surface area contributed by atoms with Crippen molar-refractivity contribution < 1.29 is 13.2 Å². The molecule has 1 atom stereocenters. The second-order valence-electron chi connectivity index (χ2n) is 4.87. The van der Waals surface area contributed by atoms with E-state index in [4.69, 9.17) is 4.74 Å². The quantitative estimate of drug-likeness (QED) is 0.843. The van der Waals surface area contributed by atoms with E-state index in [0.29, 0.717) is 18.2 Å². The van der Waals surface area contributed by atoms with E-state index in [-0.39, 0.29) is 4.90 Å². The molecule has 1 aromatic carbocycles. The minimum atomic E-state index is -3.52. The average Bonchev–Trinajstić information content (AvgIpc) is 2.89. The average molecular weight is 284 g/mol. The van der Waals surface area contributed by atoms with Crippen LogP contribution in [0.3, 0.4) is 0 Å². The molecule has 2 rings (SSSR count). The van der Waals surface area contributed by atoms with Crippen molar-refractivity contribution in [2.45, 2.75) is 18.2 Å². The summed E-state index contributed by atoms with van der Waals surface area (Å²) in [4.78, 5) is 0.209. The Balaban J connectivity index is 2.16. The molecule has 19 heavy (non-hydrogen) atoms. The third-order valence-electron chi connectivity index (χ3n) is 3.33. The van der Waals surface area contributed by atoms with Gasteiger partial charge in [0.2, 0.25) is 10.0 Å². The van der Waals surface area contributed by atoms with Crippen molar-refractivity contribution >= 4 is 10.0 Å². The van der Waals surface area contributed by atoms with Gasteiger partial charge >= 0.3 is 0 Å². The molecule has 0 amide bonds. The van der Waals surface area contributed by atoms with Gasteiger partial charge in [0.05, 0.1) is 7.11 Å². The first kappa shape index (κ1) is 14.3. The van der Waals surface area contributed by atoms with Crippen LogP contribution in [0.4, 0.5) is 0 Å². The summed E-state index contributed by atoms with van der Waals surface area (Å²) >= 11 is 0. The summed E-state index contributed by atoms with van der Waals surface area (Å²) < 4.78 is 32.4. The number of benzene rings is 1. The molecule has 6 heteroatoms. The van der Waals surface area contributed by atoms with E-state index in [1.54, 1.807) is 12.1 Å². The van der Waals surface area contributed by atoms with Crippen LogP contribution in [0.1, 0.15) is 12.0 Å². The minimum absolute atomic E-state index is 0.209. The number of methoxy groups -OCH3 is 1. The van der Waals surface area contributed by atoms with Crippen LogP contribution in [-0.2, 0) is 10.0 Å². The van der Waals surface area contributed by atoms with Crippen LogP contribution >= 0.6 is 0 Å². The normalized spacial score (nSPS) is 19.6. The number of hydrogen-bond acceptors (Lipinski definition) is 4. The Bertz CT molecular complexity index is 537. The summed E-state index contributed by atoms with van der Waals surface area (Å²) in [7, 11) is -2.04. The first-order valence-electron chi connectivity index (χ1n) is 6.38. The molecule has 0 radical (unpaired) electrons. The first-order valence-corrected chi connectivity index (χ1v) is 7.86. The Morgan fingerprint density at radius 3 is 2.89 bits per heavy atom. The maximum absolute atomic E-state index is 12.3. The number of rotatable bonds is 5. The van der Waals surface area contributed by atoms with Crippen molar-refractivity contribution in [3.8, 4) is 5.75 Å². The zero-order valence-corrected chi connectivity index (χ0v) is 12.1. The molecule has 0 saturated carbocycles. The Hall–Kier alpha value is -1.11. The number of aryl methyl sites for hydroxylation is 1. The van der Waals surface area contributed by atoms with Crippen LogP contribution in [0.5, 0.6) is 5.75 Å². The lowest BCUT2D eigenvalue weighted by molar-refractivity contribution is 0.402. The van der Waals surface area contributed by atoms with Crippen molar-refractivity contribution in [2.75, 3.05) is 26.7 Å². The van der Waals surface area contributed by atoms with Crippen LogP contribution in [0.2, 0.25) is 0 Å². The van der Waals surface area contributed by atoms with Gasteiger partial charge < -0.3 is 10.1 Å². The van der Waals surface area contributed by atoms with Crippen LogP contribution in [0.15, 0.2) is 23.1 Å². The van der Waals surface area contributed by atoms with Crippen molar-refractivity contribution in [2.24, 2.45) is 5.92 Å². The molecule has 1 saturated heterocycles. The summed E-state index contributed by atoms with van der Waals surface area (Å²) in [6.07, 6.45) is 1.01. The summed E-state index contributed by atoms with van der Waals surface area (Å²) in [6.45, 7) is 4.15. The molecule has 1 aliphatic rings. The Morgan fingerprint density at radius 1 is 1.47 bits per heavy atom. The monoisotopic (exact) mass is 284 g/mol. The molecule has 2 N–H and O–H groups in total. The lowest BCUT2D eigenvalue weighted by atomic mass is 10.1. The number of sulfonamides is 1. The molecule has 5 nitrogen and oxygen atoms in total. The first-order chi connectivity index (χ1) is 9.03. The highest BCUT2D eigenvalue weighted by molar-refractivity contribution is 7.89. The fourth-order valence-electron chi connectivity index (χ4n) is 2.19. The molecular weight excluding hydrogens is 264 g/mol. The van der Waals surface area contributed by atoms with Crippen molar-refractivity contribution in [1.29, 1.82) is 0 Å². The van der Waals surface area contributed by atoms with Gasteiger partial charge in [-0.05, 0) is 50.0 Å². The highest BCUT2D eigenvalue weighted by Crippen LogP contribution is 2.24. The second kappa shape index (κ2) is 5.90. The van der Waals surface area contributed by atoms with Crippen LogP contribution in [0.25, 0.3) is 0 Å². The van der Waals surface area contributed by atoms with Crippen LogP contribution < -0.4 is 14.8 Å². The molecule has 1 unspecified atom stereocenters. The fraction of sp³-hybridized carbons (Fsp3) is 0.538. The van der Waals surface area contributed by atoms with Gasteiger partial charge in [-0.15, -0.1) is 0 Å². The fourth-order valence-corrected chi connectivity index (χ4v) is 3.56. The SMILES string of the molecule is COc1ccc(C)cc1S(=O)(=O)NCC1CCNC1. The highest BCUT2D eigenvalue weighted by Gasteiger charge is 2.22. The second-order valence-corrected chi connectivity index (χ2v) is 6.60. The molecule has 0 aromatic heterocycles. The summed E-state index contributed by atoms with van der Waals surface area (Å²) in [5, 5.41) is 3.22. The topological polar surface area (TPSA) is 67.4 Å². The zero-order chi connectivity index (χ0) is 13.9. The maximum atomic E-state index is 12.3. The molecule has 0 aliphatic carbocycles. The molecule has 1 aromatic rings. The Kier molecular flexibility index (Phi) is 4.44. The molecule has 1 fully saturated rings. The largest absolute Gasteiger partial charge is 0.495 e. The smallest absolute Gasteiger partial charge is 0.244 e. The molecular formula is C13H20N2O3S. The predicted octanol–water partition coefficient (Wildman–Crippen LogP) is 0.891. The van der Waals surface area contributed by atoms with Gasteiger partial charge in [0, 0.05) is 6.54 Å².